The second-order valence-corrected chi connectivity index (χ2v) is 3.15. The van der Waals surface area contributed by atoms with Crippen LogP contribution < -0.4 is 11.1 Å². The number of rotatable bonds is 1. The molecule has 2 heterocycles. The number of aromatic nitrogens is 2. The van der Waals surface area contributed by atoms with Crippen LogP contribution in [0.15, 0.2) is 0 Å². The summed E-state index contributed by atoms with van der Waals surface area (Å²) in [5, 5.41) is 3.18. The summed E-state index contributed by atoms with van der Waals surface area (Å²) in [6.45, 7) is 4.35. The van der Waals surface area contributed by atoms with Crippen LogP contribution >= 0.6 is 0 Å². The SMILES string of the molecule is Cc1nc(C(N)=O)c2n1CCNC2. The van der Waals surface area contributed by atoms with Gasteiger partial charge in [0, 0.05) is 19.6 Å². The number of amides is 1. The molecule has 0 unspecified atom stereocenters. The molecule has 1 aromatic heterocycles. The Morgan fingerprint density at radius 1 is 1.69 bits per heavy atom. The van der Waals surface area contributed by atoms with E-state index >= 15 is 0 Å². The topological polar surface area (TPSA) is 72.9 Å². The highest BCUT2D eigenvalue weighted by atomic mass is 16.1. The summed E-state index contributed by atoms with van der Waals surface area (Å²) in [6, 6.07) is 0. The molecule has 13 heavy (non-hydrogen) atoms. The van der Waals surface area contributed by atoms with Crippen molar-refractivity contribution in [2.24, 2.45) is 5.73 Å². The minimum Gasteiger partial charge on any atom is -0.364 e. The summed E-state index contributed by atoms with van der Waals surface area (Å²) in [5.41, 5.74) is 6.53. The number of fused-ring (bicyclic) bond motifs is 1. The van der Waals surface area contributed by atoms with E-state index in [4.69, 9.17) is 5.73 Å². The predicted molar refractivity (Wildman–Crippen MR) is 47.2 cm³/mol. The van der Waals surface area contributed by atoms with Gasteiger partial charge in [-0.25, -0.2) is 4.98 Å². The van der Waals surface area contributed by atoms with Gasteiger partial charge in [0.1, 0.15) is 5.82 Å². The summed E-state index contributed by atoms with van der Waals surface area (Å²) < 4.78 is 2.04. The number of primary amides is 1. The zero-order valence-electron chi connectivity index (χ0n) is 7.50. The molecule has 1 aliphatic heterocycles. The van der Waals surface area contributed by atoms with Gasteiger partial charge in [-0.15, -0.1) is 0 Å². The van der Waals surface area contributed by atoms with Crippen molar-refractivity contribution in [2.75, 3.05) is 6.54 Å². The Labute approximate surface area is 75.9 Å². The molecule has 0 saturated carbocycles. The third-order valence-corrected chi connectivity index (χ3v) is 2.30. The molecule has 0 aromatic carbocycles. The van der Waals surface area contributed by atoms with Crippen molar-refractivity contribution in [3.8, 4) is 0 Å². The van der Waals surface area contributed by atoms with Crippen molar-refractivity contribution in [1.82, 2.24) is 14.9 Å². The molecule has 1 aliphatic rings. The van der Waals surface area contributed by atoms with Crippen LogP contribution in [0.25, 0.3) is 0 Å². The normalized spacial score (nSPS) is 15.5. The van der Waals surface area contributed by atoms with Gasteiger partial charge in [0.15, 0.2) is 5.69 Å². The maximum atomic E-state index is 11.0. The number of nitrogens with two attached hydrogens (primary N) is 1. The Morgan fingerprint density at radius 2 is 2.46 bits per heavy atom. The molecule has 0 radical (unpaired) electrons. The monoisotopic (exact) mass is 180 g/mol. The maximum absolute atomic E-state index is 11.0. The van der Waals surface area contributed by atoms with E-state index in [0.717, 1.165) is 24.6 Å². The molecule has 1 amide bonds. The van der Waals surface area contributed by atoms with Gasteiger partial charge in [0.25, 0.3) is 5.91 Å². The van der Waals surface area contributed by atoms with Crippen LogP contribution in [-0.2, 0) is 13.1 Å². The number of nitrogens with zero attached hydrogens (tertiary/aromatic N) is 2. The first-order valence-corrected chi connectivity index (χ1v) is 4.26. The lowest BCUT2D eigenvalue weighted by Gasteiger charge is -2.17. The Bertz CT molecular complexity index is 355. The van der Waals surface area contributed by atoms with Gasteiger partial charge >= 0.3 is 0 Å². The van der Waals surface area contributed by atoms with Gasteiger partial charge in [-0.05, 0) is 6.92 Å². The van der Waals surface area contributed by atoms with Crippen LogP contribution in [0.5, 0.6) is 0 Å². The highest BCUT2D eigenvalue weighted by molar-refractivity contribution is 5.92. The van der Waals surface area contributed by atoms with Gasteiger partial charge in [0.2, 0.25) is 0 Å². The third kappa shape index (κ3) is 1.21. The summed E-state index contributed by atoms with van der Waals surface area (Å²) in [4.78, 5) is 15.1. The molecule has 0 bridgehead atoms. The number of carbonyl (C=O) groups excluding carboxylic acids is 1. The van der Waals surface area contributed by atoms with E-state index in [2.05, 4.69) is 10.3 Å². The first kappa shape index (κ1) is 8.25. The number of hydrogen-bond acceptors (Lipinski definition) is 3. The van der Waals surface area contributed by atoms with Crippen molar-refractivity contribution >= 4 is 5.91 Å². The molecular weight excluding hydrogens is 168 g/mol. The fraction of sp³-hybridized carbons (Fsp3) is 0.500. The highest BCUT2D eigenvalue weighted by Crippen LogP contribution is 2.13. The minimum atomic E-state index is -0.444. The lowest BCUT2D eigenvalue weighted by Crippen LogP contribution is -2.30. The quantitative estimate of drug-likeness (QED) is 0.605. The number of hydrogen-bond donors (Lipinski definition) is 2. The first-order valence-electron chi connectivity index (χ1n) is 4.26. The Balaban J connectivity index is 2.53. The largest absolute Gasteiger partial charge is 0.364 e. The van der Waals surface area contributed by atoms with Gasteiger partial charge in [-0.3, -0.25) is 4.79 Å². The van der Waals surface area contributed by atoms with Crippen molar-refractivity contribution in [1.29, 1.82) is 0 Å². The minimum absolute atomic E-state index is 0.407. The van der Waals surface area contributed by atoms with Gasteiger partial charge in [-0.2, -0.15) is 0 Å². The maximum Gasteiger partial charge on any atom is 0.269 e. The lowest BCUT2D eigenvalue weighted by atomic mass is 10.2. The van der Waals surface area contributed by atoms with E-state index in [-0.39, 0.29) is 0 Å². The average molecular weight is 180 g/mol. The molecule has 1 aromatic rings. The Hall–Kier alpha value is -1.36. The molecule has 0 aliphatic carbocycles. The number of imidazole rings is 1. The van der Waals surface area contributed by atoms with E-state index in [1.807, 2.05) is 11.5 Å². The molecule has 3 N–H and O–H groups in total. The lowest BCUT2D eigenvalue weighted by molar-refractivity contribution is 0.0994. The zero-order valence-corrected chi connectivity index (χ0v) is 7.50. The molecule has 5 heteroatoms. The van der Waals surface area contributed by atoms with Crippen LogP contribution in [-0.4, -0.2) is 22.0 Å². The molecule has 0 atom stereocenters. The molecular formula is C8H12N4O. The first-order chi connectivity index (χ1) is 6.20. The van der Waals surface area contributed by atoms with Crippen LogP contribution in [0.3, 0.4) is 0 Å². The van der Waals surface area contributed by atoms with Crippen LogP contribution in [0.2, 0.25) is 0 Å². The summed E-state index contributed by atoms with van der Waals surface area (Å²) >= 11 is 0. The van der Waals surface area contributed by atoms with E-state index in [9.17, 15) is 4.79 Å². The number of carbonyl (C=O) groups is 1. The fourth-order valence-electron chi connectivity index (χ4n) is 1.68. The number of nitrogens with one attached hydrogen (secondary N) is 1. The van der Waals surface area contributed by atoms with Gasteiger partial charge in [-0.1, -0.05) is 0 Å². The summed E-state index contributed by atoms with van der Waals surface area (Å²) in [6.07, 6.45) is 0. The van der Waals surface area contributed by atoms with Crippen molar-refractivity contribution in [3.05, 3.63) is 17.2 Å². The van der Waals surface area contributed by atoms with Crippen molar-refractivity contribution < 1.29 is 4.79 Å². The molecule has 0 fully saturated rings. The second-order valence-electron chi connectivity index (χ2n) is 3.15. The standard InChI is InChI=1S/C8H12N4O/c1-5-11-7(8(9)13)6-4-10-2-3-12(5)6/h10H,2-4H2,1H3,(H2,9,13). The van der Waals surface area contributed by atoms with E-state index in [1.165, 1.54) is 0 Å². The van der Waals surface area contributed by atoms with Crippen molar-refractivity contribution in [2.45, 2.75) is 20.0 Å². The summed E-state index contributed by atoms with van der Waals surface area (Å²) in [5.74, 6) is 0.422. The summed E-state index contributed by atoms with van der Waals surface area (Å²) in [7, 11) is 0. The Kier molecular flexibility index (Phi) is 1.81. The second kappa shape index (κ2) is 2.85. The fourth-order valence-corrected chi connectivity index (χ4v) is 1.68. The average Bonchev–Trinajstić information content (AvgIpc) is 2.45. The van der Waals surface area contributed by atoms with E-state index in [1.54, 1.807) is 0 Å². The van der Waals surface area contributed by atoms with Crippen LogP contribution in [0.4, 0.5) is 0 Å². The predicted octanol–water partition coefficient (Wildman–Crippen LogP) is -0.606. The smallest absolute Gasteiger partial charge is 0.269 e. The highest BCUT2D eigenvalue weighted by Gasteiger charge is 2.20. The van der Waals surface area contributed by atoms with Crippen molar-refractivity contribution in [3.63, 3.8) is 0 Å². The molecule has 70 valence electrons. The molecule has 0 spiro atoms. The zero-order chi connectivity index (χ0) is 9.42. The van der Waals surface area contributed by atoms with Crippen LogP contribution in [0, 0.1) is 6.92 Å². The van der Waals surface area contributed by atoms with E-state index in [0.29, 0.717) is 12.2 Å². The Morgan fingerprint density at radius 3 is 3.15 bits per heavy atom. The van der Waals surface area contributed by atoms with Gasteiger partial charge in [0.05, 0.1) is 5.69 Å². The van der Waals surface area contributed by atoms with Crippen LogP contribution in [0.1, 0.15) is 22.0 Å². The number of aryl methyl sites for hydroxylation is 1. The molecule has 5 nitrogen and oxygen atoms in total. The molecule has 2 rings (SSSR count). The third-order valence-electron chi connectivity index (χ3n) is 2.30. The van der Waals surface area contributed by atoms with E-state index < -0.39 is 5.91 Å². The van der Waals surface area contributed by atoms with Gasteiger partial charge < -0.3 is 15.6 Å². The molecule has 0 saturated heterocycles.